The third-order valence-corrected chi connectivity index (χ3v) is 3.93. The molecule has 3 atom stereocenters. The SMILES string of the molecule is CCNC(CC(F)(F)F)C1CCCCC1CC. The Kier molecular flexibility index (Phi) is 5.77. The van der Waals surface area contributed by atoms with Gasteiger partial charge < -0.3 is 5.32 Å². The normalized spacial score (nSPS) is 28.1. The van der Waals surface area contributed by atoms with Gasteiger partial charge in [0.1, 0.15) is 0 Å². The van der Waals surface area contributed by atoms with E-state index in [1.165, 1.54) is 6.42 Å². The molecule has 0 heterocycles. The molecule has 0 radical (unpaired) electrons. The summed E-state index contributed by atoms with van der Waals surface area (Å²) >= 11 is 0. The standard InChI is InChI=1S/C13H24F3N/c1-3-10-7-5-6-8-11(10)12(17-4-2)9-13(14,15)16/h10-12,17H,3-9H2,1-2H3. The second-order valence-electron chi connectivity index (χ2n) is 5.10. The molecule has 0 aromatic heterocycles. The molecule has 17 heavy (non-hydrogen) atoms. The van der Waals surface area contributed by atoms with Gasteiger partial charge in [-0.3, -0.25) is 0 Å². The highest BCUT2D eigenvalue weighted by molar-refractivity contribution is 4.86. The first-order valence-corrected chi connectivity index (χ1v) is 6.78. The fourth-order valence-electron chi connectivity index (χ4n) is 3.16. The van der Waals surface area contributed by atoms with Crippen molar-refractivity contribution < 1.29 is 13.2 Å². The van der Waals surface area contributed by atoms with Crippen molar-refractivity contribution in [2.45, 2.75) is 64.6 Å². The Morgan fingerprint density at radius 1 is 1.18 bits per heavy atom. The highest BCUT2D eigenvalue weighted by atomic mass is 19.4. The van der Waals surface area contributed by atoms with Crippen LogP contribution in [0, 0.1) is 11.8 Å². The van der Waals surface area contributed by atoms with Gasteiger partial charge in [-0.05, 0) is 24.8 Å². The highest BCUT2D eigenvalue weighted by Gasteiger charge is 2.38. The maximum Gasteiger partial charge on any atom is 0.390 e. The number of nitrogens with one attached hydrogen (secondary N) is 1. The van der Waals surface area contributed by atoms with Crippen molar-refractivity contribution in [2.24, 2.45) is 11.8 Å². The van der Waals surface area contributed by atoms with Crippen LogP contribution in [0.3, 0.4) is 0 Å². The van der Waals surface area contributed by atoms with Crippen molar-refractivity contribution in [3.8, 4) is 0 Å². The van der Waals surface area contributed by atoms with Crippen molar-refractivity contribution in [1.29, 1.82) is 0 Å². The predicted octanol–water partition coefficient (Wildman–Crippen LogP) is 4.13. The molecule has 0 bridgehead atoms. The summed E-state index contributed by atoms with van der Waals surface area (Å²) in [4.78, 5) is 0. The van der Waals surface area contributed by atoms with E-state index in [4.69, 9.17) is 0 Å². The lowest BCUT2D eigenvalue weighted by atomic mass is 9.73. The molecule has 1 aliphatic rings. The third kappa shape index (κ3) is 4.86. The lowest BCUT2D eigenvalue weighted by Gasteiger charge is -2.37. The summed E-state index contributed by atoms with van der Waals surface area (Å²) in [5, 5.41) is 3.05. The van der Waals surface area contributed by atoms with Gasteiger partial charge in [-0.15, -0.1) is 0 Å². The van der Waals surface area contributed by atoms with E-state index in [0.29, 0.717) is 12.5 Å². The Morgan fingerprint density at radius 3 is 2.35 bits per heavy atom. The average Bonchev–Trinajstić information content (AvgIpc) is 2.27. The lowest BCUT2D eigenvalue weighted by molar-refractivity contribution is -0.145. The number of alkyl halides is 3. The van der Waals surface area contributed by atoms with Crippen LogP contribution in [0.1, 0.15) is 52.4 Å². The van der Waals surface area contributed by atoms with E-state index in [1.54, 1.807) is 0 Å². The molecule has 1 saturated carbocycles. The third-order valence-electron chi connectivity index (χ3n) is 3.93. The Bertz CT molecular complexity index is 215. The van der Waals surface area contributed by atoms with E-state index < -0.39 is 12.6 Å². The zero-order valence-corrected chi connectivity index (χ0v) is 10.8. The van der Waals surface area contributed by atoms with Crippen LogP contribution in [0.4, 0.5) is 13.2 Å². The van der Waals surface area contributed by atoms with Crippen LogP contribution in [0.5, 0.6) is 0 Å². The van der Waals surface area contributed by atoms with Gasteiger partial charge in [0, 0.05) is 6.04 Å². The molecule has 1 rings (SSSR count). The number of rotatable bonds is 5. The maximum atomic E-state index is 12.6. The topological polar surface area (TPSA) is 12.0 Å². The summed E-state index contributed by atoms with van der Waals surface area (Å²) in [5.74, 6) is 0.672. The van der Waals surface area contributed by atoms with Crippen LogP contribution < -0.4 is 5.32 Å². The smallest absolute Gasteiger partial charge is 0.314 e. The van der Waals surface area contributed by atoms with Crippen molar-refractivity contribution in [2.75, 3.05) is 6.54 Å². The van der Waals surface area contributed by atoms with Crippen molar-refractivity contribution in [1.82, 2.24) is 5.32 Å². The molecule has 0 amide bonds. The summed E-state index contributed by atoms with van der Waals surface area (Å²) in [7, 11) is 0. The van der Waals surface area contributed by atoms with Gasteiger partial charge in [0.25, 0.3) is 0 Å². The molecule has 1 nitrogen and oxygen atoms in total. The molecule has 0 aliphatic heterocycles. The van der Waals surface area contributed by atoms with E-state index in [-0.39, 0.29) is 12.0 Å². The van der Waals surface area contributed by atoms with Gasteiger partial charge in [0.2, 0.25) is 0 Å². The van der Waals surface area contributed by atoms with Crippen LogP contribution in [0.25, 0.3) is 0 Å². The van der Waals surface area contributed by atoms with Crippen LogP contribution in [-0.2, 0) is 0 Å². The molecular formula is C13H24F3N. The molecule has 3 unspecified atom stereocenters. The van der Waals surface area contributed by atoms with E-state index in [0.717, 1.165) is 25.7 Å². The fraction of sp³-hybridized carbons (Fsp3) is 1.00. The largest absolute Gasteiger partial charge is 0.390 e. The molecule has 0 saturated heterocycles. The highest BCUT2D eigenvalue weighted by Crippen LogP contribution is 2.37. The maximum absolute atomic E-state index is 12.6. The first-order chi connectivity index (χ1) is 7.98. The van der Waals surface area contributed by atoms with Crippen LogP contribution in [0.2, 0.25) is 0 Å². The minimum absolute atomic E-state index is 0.204. The predicted molar refractivity (Wildman–Crippen MR) is 63.9 cm³/mol. The molecule has 1 fully saturated rings. The summed E-state index contributed by atoms with van der Waals surface area (Å²) in [6, 6.07) is -0.384. The molecule has 0 aromatic carbocycles. The van der Waals surface area contributed by atoms with Crippen molar-refractivity contribution >= 4 is 0 Å². The van der Waals surface area contributed by atoms with E-state index in [9.17, 15) is 13.2 Å². The second-order valence-corrected chi connectivity index (χ2v) is 5.10. The number of hydrogen-bond donors (Lipinski definition) is 1. The summed E-state index contributed by atoms with van der Waals surface area (Å²) < 4.78 is 37.7. The minimum Gasteiger partial charge on any atom is -0.314 e. The quantitative estimate of drug-likeness (QED) is 0.774. The first kappa shape index (κ1) is 14.8. The molecule has 0 spiro atoms. The zero-order valence-electron chi connectivity index (χ0n) is 10.8. The fourth-order valence-corrected chi connectivity index (χ4v) is 3.16. The van der Waals surface area contributed by atoms with E-state index in [1.807, 2.05) is 6.92 Å². The van der Waals surface area contributed by atoms with Crippen LogP contribution >= 0.6 is 0 Å². The van der Waals surface area contributed by atoms with Crippen molar-refractivity contribution in [3.05, 3.63) is 0 Å². The first-order valence-electron chi connectivity index (χ1n) is 6.78. The monoisotopic (exact) mass is 251 g/mol. The molecule has 102 valence electrons. The molecule has 1 aliphatic carbocycles. The van der Waals surface area contributed by atoms with E-state index >= 15 is 0 Å². The number of halogens is 3. The lowest BCUT2D eigenvalue weighted by Crippen LogP contribution is -2.43. The van der Waals surface area contributed by atoms with E-state index in [2.05, 4.69) is 12.2 Å². The van der Waals surface area contributed by atoms with Crippen molar-refractivity contribution in [3.63, 3.8) is 0 Å². The Morgan fingerprint density at radius 2 is 1.82 bits per heavy atom. The number of hydrogen-bond acceptors (Lipinski definition) is 1. The average molecular weight is 251 g/mol. The summed E-state index contributed by atoms with van der Waals surface area (Å²) in [6.07, 6.45) is 0.586. The Balaban J connectivity index is 2.66. The van der Waals surface area contributed by atoms with Crippen LogP contribution in [-0.4, -0.2) is 18.8 Å². The zero-order chi connectivity index (χ0) is 12.9. The Hall–Kier alpha value is -0.250. The van der Waals surface area contributed by atoms with Crippen LogP contribution in [0.15, 0.2) is 0 Å². The van der Waals surface area contributed by atoms with Gasteiger partial charge in [-0.25, -0.2) is 0 Å². The molecule has 4 heteroatoms. The summed E-state index contributed by atoms with van der Waals surface area (Å²) in [6.45, 7) is 4.60. The molecular weight excluding hydrogens is 227 g/mol. The van der Waals surface area contributed by atoms with Gasteiger partial charge in [-0.1, -0.05) is 39.5 Å². The minimum atomic E-state index is -4.05. The molecule has 0 aromatic rings. The van der Waals surface area contributed by atoms with Gasteiger partial charge >= 0.3 is 6.18 Å². The Labute approximate surface area is 102 Å². The van der Waals surface area contributed by atoms with Gasteiger partial charge in [-0.2, -0.15) is 13.2 Å². The van der Waals surface area contributed by atoms with Gasteiger partial charge in [0.15, 0.2) is 0 Å². The summed E-state index contributed by atoms with van der Waals surface area (Å²) in [5.41, 5.74) is 0. The second kappa shape index (κ2) is 6.62. The van der Waals surface area contributed by atoms with Gasteiger partial charge in [0.05, 0.1) is 6.42 Å². The molecule has 1 N–H and O–H groups in total.